The summed E-state index contributed by atoms with van der Waals surface area (Å²) < 4.78 is 5.75. The first-order valence-corrected chi connectivity index (χ1v) is 8.96. The lowest BCUT2D eigenvalue weighted by Gasteiger charge is -2.13. The molecule has 0 atom stereocenters. The normalized spacial score (nSPS) is 10.1. The fraction of sp³-hybridized carbons (Fsp3) is 0.300. The van der Waals surface area contributed by atoms with Gasteiger partial charge in [-0.15, -0.1) is 0 Å². The van der Waals surface area contributed by atoms with Crippen LogP contribution < -0.4 is 15.4 Å². The Labute approximate surface area is 154 Å². The van der Waals surface area contributed by atoms with Crippen molar-refractivity contribution in [2.45, 2.75) is 32.7 Å². The molecule has 0 bridgehead atoms. The van der Waals surface area contributed by atoms with E-state index in [1.165, 1.54) is 0 Å². The molecule has 0 heterocycles. The molecule has 0 aromatic heterocycles. The molecule has 4 nitrogen and oxygen atoms in total. The SMILES string of the molecule is CCCCCOc1ccccc1C(=O)NC(=S)NCc1ccccc1. The smallest absolute Gasteiger partial charge is 0.261 e. The first-order chi connectivity index (χ1) is 12.2. The molecule has 2 aromatic rings. The number of ether oxygens (including phenoxy) is 1. The number of benzene rings is 2. The highest BCUT2D eigenvalue weighted by Crippen LogP contribution is 2.18. The Morgan fingerprint density at radius 1 is 1.04 bits per heavy atom. The third-order valence-electron chi connectivity index (χ3n) is 3.66. The van der Waals surface area contributed by atoms with E-state index in [1.54, 1.807) is 12.1 Å². The molecule has 0 unspecified atom stereocenters. The van der Waals surface area contributed by atoms with Gasteiger partial charge in [0.05, 0.1) is 12.2 Å². The highest BCUT2D eigenvalue weighted by Gasteiger charge is 2.13. The minimum Gasteiger partial charge on any atom is -0.493 e. The largest absolute Gasteiger partial charge is 0.493 e. The maximum absolute atomic E-state index is 12.5. The van der Waals surface area contributed by atoms with Crippen LogP contribution in [-0.4, -0.2) is 17.6 Å². The van der Waals surface area contributed by atoms with E-state index in [0.717, 1.165) is 24.8 Å². The monoisotopic (exact) mass is 356 g/mol. The number of nitrogens with one attached hydrogen (secondary N) is 2. The fourth-order valence-electron chi connectivity index (χ4n) is 2.31. The van der Waals surface area contributed by atoms with E-state index in [2.05, 4.69) is 17.6 Å². The van der Waals surface area contributed by atoms with Crippen molar-refractivity contribution in [3.05, 3.63) is 65.7 Å². The van der Waals surface area contributed by atoms with E-state index in [0.29, 0.717) is 29.6 Å². The lowest BCUT2D eigenvalue weighted by molar-refractivity contribution is 0.0972. The van der Waals surface area contributed by atoms with Crippen molar-refractivity contribution in [1.29, 1.82) is 0 Å². The quantitative estimate of drug-likeness (QED) is 0.553. The number of hydrogen-bond acceptors (Lipinski definition) is 3. The average Bonchev–Trinajstić information content (AvgIpc) is 2.65. The molecule has 0 radical (unpaired) electrons. The van der Waals surface area contributed by atoms with Crippen LogP contribution in [-0.2, 0) is 6.54 Å². The van der Waals surface area contributed by atoms with Gasteiger partial charge in [-0.25, -0.2) is 0 Å². The second-order valence-electron chi connectivity index (χ2n) is 5.67. The zero-order valence-corrected chi connectivity index (χ0v) is 15.3. The number of para-hydroxylation sites is 1. The highest BCUT2D eigenvalue weighted by molar-refractivity contribution is 7.80. The second kappa shape index (κ2) is 10.5. The summed E-state index contributed by atoms with van der Waals surface area (Å²) in [6.45, 7) is 3.31. The summed E-state index contributed by atoms with van der Waals surface area (Å²) in [7, 11) is 0. The van der Waals surface area contributed by atoms with Crippen molar-refractivity contribution in [2.24, 2.45) is 0 Å². The summed E-state index contributed by atoms with van der Waals surface area (Å²) in [6.07, 6.45) is 3.22. The van der Waals surface area contributed by atoms with Gasteiger partial charge in [0, 0.05) is 6.54 Å². The molecule has 2 rings (SSSR count). The molecule has 0 saturated heterocycles. The molecule has 132 valence electrons. The van der Waals surface area contributed by atoms with Crippen molar-refractivity contribution in [1.82, 2.24) is 10.6 Å². The van der Waals surface area contributed by atoms with E-state index in [1.807, 2.05) is 42.5 Å². The molecule has 0 spiro atoms. The van der Waals surface area contributed by atoms with Gasteiger partial charge >= 0.3 is 0 Å². The standard InChI is InChI=1S/C20H24N2O2S/c1-2-3-9-14-24-18-13-8-7-12-17(18)19(23)22-20(25)21-15-16-10-5-4-6-11-16/h4-8,10-13H,2-3,9,14-15H2,1H3,(H2,21,22,23,25). The Morgan fingerprint density at radius 2 is 1.76 bits per heavy atom. The molecule has 2 N–H and O–H groups in total. The third-order valence-corrected chi connectivity index (χ3v) is 3.91. The average molecular weight is 356 g/mol. The van der Waals surface area contributed by atoms with Gasteiger partial charge in [-0.3, -0.25) is 10.1 Å². The summed E-state index contributed by atoms with van der Waals surface area (Å²) in [5, 5.41) is 6.05. The summed E-state index contributed by atoms with van der Waals surface area (Å²) in [5.74, 6) is 0.318. The lowest BCUT2D eigenvalue weighted by Crippen LogP contribution is -2.39. The van der Waals surface area contributed by atoms with Crippen LogP contribution in [0.3, 0.4) is 0 Å². The van der Waals surface area contributed by atoms with Gasteiger partial charge in [0.15, 0.2) is 5.11 Å². The number of thiocarbonyl (C=S) groups is 1. The topological polar surface area (TPSA) is 50.4 Å². The lowest BCUT2D eigenvalue weighted by atomic mass is 10.2. The molecule has 5 heteroatoms. The molecular weight excluding hydrogens is 332 g/mol. The molecule has 2 aromatic carbocycles. The highest BCUT2D eigenvalue weighted by atomic mass is 32.1. The van der Waals surface area contributed by atoms with Gasteiger partial charge in [-0.2, -0.15) is 0 Å². The van der Waals surface area contributed by atoms with Crippen molar-refractivity contribution >= 4 is 23.2 Å². The van der Waals surface area contributed by atoms with E-state index in [-0.39, 0.29) is 5.91 Å². The van der Waals surface area contributed by atoms with Gasteiger partial charge in [-0.05, 0) is 36.3 Å². The van der Waals surface area contributed by atoms with Gasteiger partial charge in [-0.1, -0.05) is 62.2 Å². The fourth-order valence-corrected chi connectivity index (χ4v) is 2.47. The molecule has 0 saturated carbocycles. The minimum absolute atomic E-state index is 0.267. The van der Waals surface area contributed by atoms with Gasteiger partial charge in [0.1, 0.15) is 5.75 Å². The Kier molecular flexibility index (Phi) is 7.92. The van der Waals surface area contributed by atoms with Crippen molar-refractivity contribution in [3.8, 4) is 5.75 Å². The van der Waals surface area contributed by atoms with Crippen LogP contribution in [0, 0.1) is 0 Å². The second-order valence-corrected chi connectivity index (χ2v) is 6.08. The van der Waals surface area contributed by atoms with Crippen LogP contribution in [0.4, 0.5) is 0 Å². The Morgan fingerprint density at radius 3 is 2.52 bits per heavy atom. The van der Waals surface area contributed by atoms with Crippen molar-refractivity contribution in [2.75, 3.05) is 6.61 Å². The number of amides is 1. The summed E-state index contributed by atoms with van der Waals surface area (Å²) >= 11 is 5.21. The molecule has 0 fully saturated rings. The molecule has 1 amide bonds. The van der Waals surface area contributed by atoms with Crippen LogP contribution in [0.5, 0.6) is 5.75 Å². The van der Waals surface area contributed by atoms with E-state index >= 15 is 0 Å². The van der Waals surface area contributed by atoms with Crippen LogP contribution in [0.15, 0.2) is 54.6 Å². The minimum atomic E-state index is -0.267. The van der Waals surface area contributed by atoms with E-state index in [4.69, 9.17) is 17.0 Å². The Hall–Kier alpha value is -2.40. The van der Waals surface area contributed by atoms with E-state index in [9.17, 15) is 4.79 Å². The van der Waals surface area contributed by atoms with E-state index < -0.39 is 0 Å². The number of hydrogen-bond donors (Lipinski definition) is 2. The summed E-state index contributed by atoms with van der Waals surface area (Å²) in [4.78, 5) is 12.5. The number of unbranched alkanes of at least 4 members (excludes halogenated alkanes) is 2. The molecule has 0 aliphatic heterocycles. The molecule has 0 aliphatic carbocycles. The van der Waals surface area contributed by atoms with Crippen LogP contribution in [0.25, 0.3) is 0 Å². The molecular formula is C20H24N2O2S. The van der Waals surface area contributed by atoms with Gasteiger partial charge in [0.2, 0.25) is 0 Å². The Bertz CT molecular complexity index is 689. The first kappa shape index (κ1) is 18.9. The number of carbonyl (C=O) groups excluding carboxylic acids is 1. The third kappa shape index (κ3) is 6.55. The van der Waals surface area contributed by atoms with Gasteiger partial charge in [0.25, 0.3) is 5.91 Å². The first-order valence-electron chi connectivity index (χ1n) is 8.55. The zero-order chi connectivity index (χ0) is 17.9. The van der Waals surface area contributed by atoms with Gasteiger partial charge < -0.3 is 10.1 Å². The molecule has 25 heavy (non-hydrogen) atoms. The Balaban J connectivity index is 1.88. The maximum Gasteiger partial charge on any atom is 0.261 e. The van der Waals surface area contributed by atoms with Crippen molar-refractivity contribution in [3.63, 3.8) is 0 Å². The van der Waals surface area contributed by atoms with Crippen LogP contribution in [0.2, 0.25) is 0 Å². The summed E-state index contributed by atoms with van der Waals surface area (Å²) in [5.41, 5.74) is 1.58. The predicted octanol–water partition coefficient (Wildman–Crippen LogP) is 4.06. The van der Waals surface area contributed by atoms with Crippen LogP contribution >= 0.6 is 12.2 Å². The number of carbonyl (C=O) groups is 1. The predicted molar refractivity (Wildman–Crippen MR) is 105 cm³/mol. The summed E-state index contributed by atoms with van der Waals surface area (Å²) in [6, 6.07) is 17.1. The van der Waals surface area contributed by atoms with Crippen LogP contribution in [0.1, 0.15) is 42.1 Å². The number of rotatable bonds is 8. The molecule has 0 aliphatic rings. The maximum atomic E-state index is 12.5. The van der Waals surface area contributed by atoms with Crippen molar-refractivity contribution < 1.29 is 9.53 Å². The zero-order valence-electron chi connectivity index (χ0n) is 14.5.